The van der Waals surface area contributed by atoms with E-state index in [1.54, 1.807) is 5.57 Å². The number of allylic oxidation sites excluding steroid dienone is 3. The van der Waals surface area contributed by atoms with Gasteiger partial charge in [0.1, 0.15) is 0 Å². The van der Waals surface area contributed by atoms with Gasteiger partial charge in [-0.2, -0.15) is 0 Å². The minimum atomic E-state index is -0.610. The van der Waals surface area contributed by atoms with Gasteiger partial charge in [-0.1, -0.05) is 51.0 Å². The van der Waals surface area contributed by atoms with E-state index in [2.05, 4.69) is 32.6 Å². The van der Waals surface area contributed by atoms with Crippen molar-refractivity contribution < 1.29 is 15.3 Å². The third kappa shape index (κ3) is 7.35. The van der Waals surface area contributed by atoms with Gasteiger partial charge in [0, 0.05) is 0 Å². The monoisotopic (exact) mass is 500 g/mol. The van der Waals surface area contributed by atoms with Crippen LogP contribution in [0.25, 0.3) is 0 Å². The molecule has 3 aliphatic rings. The second-order valence-corrected chi connectivity index (χ2v) is 14.4. The van der Waals surface area contributed by atoms with Crippen LogP contribution in [0.2, 0.25) is 0 Å². The second-order valence-electron chi connectivity index (χ2n) is 14.4. The fraction of sp³-hybridized carbons (Fsp3) is 0.818. The maximum atomic E-state index is 10.4. The molecule has 0 spiro atoms. The first-order valence-electron chi connectivity index (χ1n) is 14.9. The molecule has 3 N–H and O–H groups in total. The van der Waals surface area contributed by atoms with Gasteiger partial charge in [-0.25, -0.2) is 0 Å². The van der Waals surface area contributed by atoms with Crippen LogP contribution >= 0.6 is 0 Å². The zero-order chi connectivity index (χ0) is 26.8. The highest BCUT2D eigenvalue weighted by Gasteiger charge is 2.54. The number of fused-ring (bicyclic) bond motifs is 1. The van der Waals surface area contributed by atoms with Gasteiger partial charge in [-0.15, -0.1) is 0 Å². The Morgan fingerprint density at radius 3 is 2.06 bits per heavy atom. The minimum absolute atomic E-state index is 0.225. The fourth-order valence-electron chi connectivity index (χ4n) is 8.14. The van der Waals surface area contributed by atoms with Gasteiger partial charge in [-0.3, -0.25) is 0 Å². The summed E-state index contributed by atoms with van der Waals surface area (Å²) in [6.45, 7) is 17.0. The average molecular weight is 501 g/mol. The van der Waals surface area contributed by atoms with Crippen LogP contribution in [0.4, 0.5) is 0 Å². The third-order valence-electron chi connectivity index (χ3n) is 10.1. The maximum absolute atomic E-state index is 10.4. The number of hydrogen-bond acceptors (Lipinski definition) is 3. The first kappa shape index (κ1) is 29.7. The Kier molecular flexibility index (Phi) is 9.44. The average Bonchev–Trinajstić information content (AvgIpc) is 3.11. The Balaban J connectivity index is 1.81. The molecule has 3 heteroatoms. The van der Waals surface area contributed by atoms with Gasteiger partial charge in [-0.05, 0) is 139 Å². The largest absolute Gasteiger partial charge is 0.390 e. The van der Waals surface area contributed by atoms with Crippen LogP contribution in [0.5, 0.6) is 0 Å². The molecule has 0 saturated heterocycles. The van der Waals surface area contributed by atoms with Crippen molar-refractivity contribution in [3.05, 3.63) is 35.5 Å². The summed E-state index contributed by atoms with van der Waals surface area (Å²) in [6, 6.07) is 0. The molecule has 3 fully saturated rings. The van der Waals surface area contributed by atoms with Gasteiger partial charge in [0.25, 0.3) is 0 Å². The highest BCUT2D eigenvalue weighted by molar-refractivity contribution is 5.37. The summed E-state index contributed by atoms with van der Waals surface area (Å²) in [6.07, 6.45) is 19.6. The van der Waals surface area contributed by atoms with Crippen molar-refractivity contribution in [1.82, 2.24) is 0 Å². The van der Waals surface area contributed by atoms with Crippen molar-refractivity contribution in [3.8, 4) is 0 Å². The molecule has 3 saturated carbocycles. The summed E-state index contributed by atoms with van der Waals surface area (Å²) in [7, 11) is 0. The number of rotatable bonds is 10. The van der Waals surface area contributed by atoms with Crippen molar-refractivity contribution in [2.75, 3.05) is 0 Å². The van der Waals surface area contributed by atoms with Gasteiger partial charge in [0.05, 0.1) is 17.3 Å². The molecule has 0 amide bonds. The van der Waals surface area contributed by atoms with Crippen LogP contribution in [0.15, 0.2) is 35.5 Å². The summed E-state index contributed by atoms with van der Waals surface area (Å²) in [5, 5.41) is 31.0. The van der Waals surface area contributed by atoms with E-state index in [0.29, 0.717) is 17.3 Å². The van der Waals surface area contributed by atoms with Crippen molar-refractivity contribution in [1.29, 1.82) is 0 Å². The Morgan fingerprint density at radius 2 is 1.47 bits per heavy atom. The van der Waals surface area contributed by atoms with Crippen LogP contribution in [0.1, 0.15) is 131 Å². The Bertz CT molecular complexity index is 801. The molecular formula is C33H56O3. The Hall–Kier alpha value is -0.900. The fourth-order valence-corrected chi connectivity index (χ4v) is 8.14. The minimum Gasteiger partial charge on any atom is -0.390 e. The predicted molar refractivity (Wildman–Crippen MR) is 152 cm³/mol. The van der Waals surface area contributed by atoms with Crippen molar-refractivity contribution in [2.45, 2.75) is 149 Å². The number of hydrogen-bond donors (Lipinski definition) is 3. The molecule has 0 bridgehead atoms. The normalized spacial score (nSPS) is 32.4. The Labute approximate surface area is 222 Å². The molecule has 3 aliphatic carbocycles. The first-order valence-corrected chi connectivity index (χ1v) is 14.9. The number of aliphatic hydroxyl groups is 3. The molecular weight excluding hydrogens is 444 g/mol. The maximum Gasteiger partial charge on any atom is 0.0787 e. The van der Waals surface area contributed by atoms with Crippen LogP contribution in [0.3, 0.4) is 0 Å². The smallest absolute Gasteiger partial charge is 0.0787 e. The predicted octanol–water partition coefficient (Wildman–Crippen LogP) is 8.05. The molecule has 0 radical (unpaired) electrons. The highest BCUT2D eigenvalue weighted by Crippen LogP contribution is 2.64. The lowest BCUT2D eigenvalue weighted by Gasteiger charge is -2.50. The molecule has 36 heavy (non-hydrogen) atoms. The standard InChI is InChI=1S/C33H56O3/c1-24-25(12-8-14-28(24)34)15-16-26-13-9-23-33(7)27(26)17-18-29(33)32(6,21-10-19-30(2,3)35)22-11-20-31(4,5)36/h15-16,27-29,34-36H,1,8-14,17-23H2,2-7H3/b25-15-,26-16+/t27?,28-,29?,33-/m0/s1. The highest BCUT2D eigenvalue weighted by atomic mass is 16.3. The van der Waals surface area contributed by atoms with Gasteiger partial charge in [0.2, 0.25) is 0 Å². The van der Waals surface area contributed by atoms with Crippen molar-refractivity contribution >= 4 is 0 Å². The van der Waals surface area contributed by atoms with E-state index in [0.717, 1.165) is 63.4 Å². The molecule has 3 nitrogen and oxygen atoms in total. The van der Waals surface area contributed by atoms with Crippen molar-refractivity contribution in [2.24, 2.45) is 22.7 Å². The molecule has 206 valence electrons. The van der Waals surface area contributed by atoms with Gasteiger partial charge < -0.3 is 15.3 Å². The van der Waals surface area contributed by atoms with E-state index in [1.807, 2.05) is 27.7 Å². The second kappa shape index (κ2) is 11.5. The summed E-state index contributed by atoms with van der Waals surface area (Å²) in [4.78, 5) is 0. The van der Waals surface area contributed by atoms with Crippen LogP contribution < -0.4 is 0 Å². The summed E-state index contributed by atoms with van der Waals surface area (Å²) >= 11 is 0. The molecule has 2 unspecified atom stereocenters. The zero-order valence-electron chi connectivity index (χ0n) is 24.3. The first-order chi connectivity index (χ1) is 16.6. The SMILES string of the molecule is C=C1/C(=C\C=C2/CCC[C@@]3(C)C2CCC3C(C)(CCCC(C)(C)O)CCCC(C)(C)O)CCC[C@@H]1O. The van der Waals surface area contributed by atoms with E-state index in [-0.39, 0.29) is 11.5 Å². The molecule has 3 rings (SSSR count). The van der Waals surface area contributed by atoms with E-state index < -0.39 is 11.2 Å². The van der Waals surface area contributed by atoms with Crippen LogP contribution in [-0.4, -0.2) is 32.6 Å². The molecule has 0 aromatic heterocycles. The van der Waals surface area contributed by atoms with Gasteiger partial charge in [0.15, 0.2) is 0 Å². The van der Waals surface area contributed by atoms with E-state index in [1.165, 1.54) is 37.7 Å². The topological polar surface area (TPSA) is 60.7 Å². The van der Waals surface area contributed by atoms with Crippen LogP contribution in [0, 0.1) is 22.7 Å². The Morgan fingerprint density at radius 1 is 0.861 bits per heavy atom. The molecule has 0 aliphatic heterocycles. The summed E-state index contributed by atoms with van der Waals surface area (Å²) in [5.74, 6) is 1.30. The van der Waals surface area contributed by atoms with E-state index in [9.17, 15) is 15.3 Å². The zero-order valence-corrected chi connectivity index (χ0v) is 24.3. The molecule has 0 aromatic rings. The quantitative estimate of drug-likeness (QED) is 0.284. The summed E-state index contributed by atoms with van der Waals surface area (Å²) < 4.78 is 0. The molecule has 0 aromatic carbocycles. The lowest BCUT2D eigenvalue weighted by atomic mass is 9.55. The summed E-state index contributed by atoms with van der Waals surface area (Å²) in [5.41, 5.74) is 3.09. The number of aliphatic hydroxyl groups excluding tert-OH is 1. The van der Waals surface area contributed by atoms with Gasteiger partial charge >= 0.3 is 0 Å². The van der Waals surface area contributed by atoms with E-state index in [4.69, 9.17) is 0 Å². The van der Waals surface area contributed by atoms with Crippen LogP contribution in [-0.2, 0) is 0 Å². The van der Waals surface area contributed by atoms with E-state index >= 15 is 0 Å². The molecule has 4 atom stereocenters. The van der Waals surface area contributed by atoms with Crippen molar-refractivity contribution in [3.63, 3.8) is 0 Å². The lowest BCUT2D eigenvalue weighted by Crippen LogP contribution is -2.41. The third-order valence-corrected chi connectivity index (χ3v) is 10.1. The lowest BCUT2D eigenvalue weighted by molar-refractivity contribution is 0.00529. The molecule has 0 heterocycles.